The molecule has 1 fully saturated rings. The maximum Gasteiger partial charge on any atom is 0.222 e. The molecule has 0 aromatic carbocycles. The minimum absolute atomic E-state index is 0.216. The Bertz CT molecular complexity index is 966. The number of pyridine rings is 2. The third-order valence-electron chi connectivity index (χ3n) is 5.50. The number of hydrogen-bond acceptors (Lipinski definition) is 6. The molecule has 8 heteroatoms. The lowest BCUT2D eigenvalue weighted by atomic mass is 10.2. The first kappa shape index (κ1) is 20.3. The van der Waals surface area contributed by atoms with E-state index < -0.39 is 0 Å². The second-order valence-corrected chi connectivity index (χ2v) is 7.43. The van der Waals surface area contributed by atoms with Crippen LogP contribution in [0.3, 0.4) is 0 Å². The Morgan fingerprint density at radius 1 is 1.07 bits per heavy atom. The van der Waals surface area contributed by atoms with E-state index >= 15 is 0 Å². The summed E-state index contributed by atoms with van der Waals surface area (Å²) in [6, 6.07) is 9.80. The predicted molar refractivity (Wildman–Crippen MR) is 115 cm³/mol. The zero-order chi connectivity index (χ0) is 20.8. The summed E-state index contributed by atoms with van der Waals surface area (Å²) in [6.45, 7) is 4.44. The van der Waals surface area contributed by atoms with Gasteiger partial charge in [0.15, 0.2) is 5.65 Å². The van der Waals surface area contributed by atoms with E-state index in [0.717, 1.165) is 61.8 Å². The number of amides is 1. The Labute approximate surface area is 176 Å². The van der Waals surface area contributed by atoms with Crippen molar-refractivity contribution in [3.05, 3.63) is 48.5 Å². The van der Waals surface area contributed by atoms with Gasteiger partial charge in [-0.05, 0) is 30.7 Å². The highest BCUT2D eigenvalue weighted by Crippen LogP contribution is 2.17. The van der Waals surface area contributed by atoms with Gasteiger partial charge >= 0.3 is 0 Å². The van der Waals surface area contributed by atoms with Crippen molar-refractivity contribution >= 4 is 22.9 Å². The molecule has 0 bridgehead atoms. The average Bonchev–Trinajstić information content (AvgIpc) is 3.15. The van der Waals surface area contributed by atoms with Crippen LogP contribution in [0.4, 0.5) is 5.82 Å². The Morgan fingerprint density at radius 2 is 1.90 bits per heavy atom. The van der Waals surface area contributed by atoms with Gasteiger partial charge in [0, 0.05) is 65.1 Å². The molecule has 0 aliphatic carbocycles. The van der Waals surface area contributed by atoms with Crippen LogP contribution in [0.15, 0.2) is 42.7 Å². The summed E-state index contributed by atoms with van der Waals surface area (Å²) in [7, 11) is 1.69. The Hall–Kier alpha value is -3.00. The van der Waals surface area contributed by atoms with E-state index in [4.69, 9.17) is 9.72 Å². The maximum absolute atomic E-state index is 12.7. The Balaban J connectivity index is 1.30. The molecule has 1 saturated heterocycles. The maximum atomic E-state index is 12.7. The van der Waals surface area contributed by atoms with Gasteiger partial charge in [-0.1, -0.05) is 6.07 Å². The average molecular weight is 409 g/mol. The summed E-state index contributed by atoms with van der Waals surface area (Å²) in [5, 5.41) is 0. The number of aromatic nitrogens is 4. The molecule has 1 amide bonds. The van der Waals surface area contributed by atoms with Crippen molar-refractivity contribution in [2.75, 3.05) is 44.8 Å². The number of methoxy groups -OCH3 is 1. The van der Waals surface area contributed by atoms with Gasteiger partial charge in [0.25, 0.3) is 0 Å². The van der Waals surface area contributed by atoms with Crippen LogP contribution in [0.5, 0.6) is 0 Å². The van der Waals surface area contributed by atoms with E-state index in [1.165, 1.54) is 0 Å². The first-order chi connectivity index (χ1) is 14.8. The van der Waals surface area contributed by atoms with Crippen LogP contribution in [-0.2, 0) is 22.5 Å². The summed E-state index contributed by atoms with van der Waals surface area (Å²) in [5.74, 6) is 2.16. The molecular formula is C22H28N6O2. The molecule has 1 aliphatic rings. The highest BCUT2D eigenvalue weighted by Gasteiger charge is 2.21. The van der Waals surface area contributed by atoms with Crippen molar-refractivity contribution in [3.63, 3.8) is 0 Å². The number of piperazine rings is 1. The van der Waals surface area contributed by atoms with Crippen LogP contribution in [-0.4, -0.2) is 70.2 Å². The van der Waals surface area contributed by atoms with Crippen molar-refractivity contribution in [2.24, 2.45) is 0 Å². The van der Waals surface area contributed by atoms with Crippen molar-refractivity contribution in [3.8, 4) is 0 Å². The van der Waals surface area contributed by atoms with Crippen molar-refractivity contribution in [1.82, 2.24) is 24.4 Å². The standard InChI is InChI=1S/C22H28N6O2/c1-30-17-16-28-20(25-18-6-5-11-24-22(18)28)8-4-9-21(29)27-14-12-26(13-15-27)19-7-2-3-10-23-19/h2-3,5-7,10-11H,4,8-9,12-17H2,1H3. The van der Waals surface area contributed by atoms with Gasteiger partial charge in [0.2, 0.25) is 5.91 Å². The van der Waals surface area contributed by atoms with E-state index in [0.29, 0.717) is 19.6 Å². The number of carbonyl (C=O) groups excluding carboxylic acids is 1. The fourth-order valence-electron chi connectivity index (χ4n) is 3.90. The normalized spacial score (nSPS) is 14.4. The largest absolute Gasteiger partial charge is 0.383 e. The van der Waals surface area contributed by atoms with E-state index in [1.54, 1.807) is 13.3 Å². The molecule has 158 valence electrons. The van der Waals surface area contributed by atoms with Crippen LogP contribution >= 0.6 is 0 Å². The molecule has 4 heterocycles. The van der Waals surface area contributed by atoms with E-state index in [2.05, 4.69) is 19.4 Å². The van der Waals surface area contributed by atoms with Crippen LogP contribution < -0.4 is 4.90 Å². The fraction of sp³-hybridized carbons (Fsp3) is 0.455. The lowest BCUT2D eigenvalue weighted by Gasteiger charge is -2.35. The van der Waals surface area contributed by atoms with Gasteiger partial charge in [-0.25, -0.2) is 15.0 Å². The van der Waals surface area contributed by atoms with Gasteiger partial charge in [-0.2, -0.15) is 0 Å². The third kappa shape index (κ3) is 4.59. The minimum atomic E-state index is 0.216. The predicted octanol–water partition coefficient (Wildman–Crippen LogP) is 2.14. The van der Waals surface area contributed by atoms with Crippen molar-refractivity contribution < 1.29 is 9.53 Å². The molecule has 0 unspecified atom stereocenters. The molecule has 1 aliphatic heterocycles. The summed E-state index contributed by atoms with van der Waals surface area (Å²) in [6.07, 6.45) is 5.65. The van der Waals surface area contributed by atoms with E-state index in [-0.39, 0.29) is 5.91 Å². The van der Waals surface area contributed by atoms with Crippen LogP contribution in [0.2, 0.25) is 0 Å². The zero-order valence-electron chi connectivity index (χ0n) is 17.4. The molecule has 0 radical (unpaired) electrons. The zero-order valence-corrected chi connectivity index (χ0v) is 17.4. The SMILES string of the molecule is COCCn1c(CCCC(=O)N2CCN(c3ccccn3)CC2)nc2cccnc21. The molecule has 8 nitrogen and oxygen atoms in total. The first-order valence-corrected chi connectivity index (χ1v) is 10.5. The molecule has 0 atom stereocenters. The summed E-state index contributed by atoms with van der Waals surface area (Å²) in [5.41, 5.74) is 1.77. The van der Waals surface area contributed by atoms with Crippen LogP contribution in [0, 0.1) is 0 Å². The molecule has 3 aromatic heterocycles. The number of ether oxygens (including phenoxy) is 1. The highest BCUT2D eigenvalue weighted by atomic mass is 16.5. The molecule has 30 heavy (non-hydrogen) atoms. The van der Waals surface area contributed by atoms with E-state index in [1.807, 2.05) is 41.4 Å². The van der Waals surface area contributed by atoms with E-state index in [9.17, 15) is 4.79 Å². The van der Waals surface area contributed by atoms with Gasteiger partial charge in [0.1, 0.15) is 17.2 Å². The molecular weight excluding hydrogens is 380 g/mol. The summed E-state index contributed by atoms with van der Waals surface area (Å²) >= 11 is 0. The number of aryl methyl sites for hydroxylation is 1. The Kier molecular flexibility index (Phi) is 6.53. The van der Waals surface area contributed by atoms with Gasteiger partial charge in [0.05, 0.1) is 6.61 Å². The summed E-state index contributed by atoms with van der Waals surface area (Å²) in [4.78, 5) is 30.5. The second kappa shape index (κ2) is 9.67. The number of nitrogens with zero attached hydrogens (tertiary/aromatic N) is 6. The topological polar surface area (TPSA) is 76.4 Å². The first-order valence-electron chi connectivity index (χ1n) is 10.5. The van der Waals surface area contributed by atoms with Crippen molar-refractivity contribution in [1.29, 1.82) is 0 Å². The highest BCUT2D eigenvalue weighted by molar-refractivity contribution is 5.76. The number of carbonyl (C=O) groups is 1. The smallest absolute Gasteiger partial charge is 0.222 e. The Morgan fingerprint density at radius 3 is 2.67 bits per heavy atom. The summed E-state index contributed by atoms with van der Waals surface area (Å²) < 4.78 is 7.34. The van der Waals surface area contributed by atoms with Crippen LogP contribution in [0.25, 0.3) is 11.2 Å². The van der Waals surface area contributed by atoms with Crippen molar-refractivity contribution in [2.45, 2.75) is 25.8 Å². The number of imidazole rings is 1. The molecule has 3 aromatic rings. The lowest BCUT2D eigenvalue weighted by Crippen LogP contribution is -2.49. The number of rotatable bonds is 8. The molecule has 0 spiro atoms. The quantitative estimate of drug-likeness (QED) is 0.568. The van der Waals surface area contributed by atoms with Gasteiger partial charge in [-0.3, -0.25) is 4.79 Å². The fourth-order valence-corrected chi connectivity index (χ4v) is 3.90. The second-order valence-electron chi connectivity index (χ2n) is 7.43. The van der Waals surface area contributed by atoms with Gasteiger partial charge in [-0.15, -0.1) is 0 Å². The van der Waals surface area contributed by atoms with Crippen LogP contribution in [0.1, 0.15) is 18.7 Å². The molecule has 4 rings (SSSR count). The number of anilines is 1. The number of fused-ring (bicyclic) bond motifs is 1. The third-order valence-corrected chi connectivity index (χ3v) is 5.50. The monoisotopic (exact) mass is 408 g/mol. The lowest BCUT2D eigenvalue weighted by molar-refractivity contribution is -0.131. The van der Waals surface area contributed by atoms with Gasteiger partial charge < -0.3 is 19.1 Å². The molecule has 0 saturated carbocycles. The molecule has 0 N–H and O–H groups in total. The minimum Gasteiger partial charge on any atom is -0.383 e. The number of hydrogen-bond donors (Lipinski definition) is 0.